The summed E-state index contributed by atoms with van der Waals surface area (Å²) in [5, 5.41) is 8.93. The van der Waals surface area contributed by atoms with Crippen molar-refractivity contribution in [2.24, 2.45) is 0 Å². The van der Waals surface area contributed by atoms with Gasteiger partial charge in [0.15, 0.2) is 0 Å². The molecule has 1 saturated heterocycles. The van der Waals surface area contributed by atoms with E-state index in [4.69, 9.17) is 5.11 Å². The van der Waals surface area contributed by atoms with Crippen molar-refractivity contribution in [3.63, 3.8) is 0 Å². The van der Waals surface area contributed by atoms with Crippen LogP contribution in [-0.2, 0) is 6.54 Å². The van der Waals surface area contributed by atoms with Crippen LogP contribution in [0.4, 0.5) is 0 Å². The Kier molecular flexibility index (Phi) is 3.61. The van der Waals surface area contributed by atoms with Gasteiger partial charge in [-0.2, -0.15) is 0 Å². The smallest absolute Gasteiger partial charge is 0.335 e. The van der Waals surface area contributed by atoms with Crippen LogP contribution in [0.3, 0.4) is 0 Å². The van der Waals surface area contributed by atoms with E-state index in [2.05, 4.69) is 20.8 Å². The number of halogens is 1. The molecule has 0 unspecified atom stereocenters. The van der Waals surface area contributed by atoms with Gasteiger partial charge < -0.3 is 5.11 Å². The highest BCUT2D eigenvalue weighted by Gasteiger charge is 2.14. The summed E-state index contributed by atoms with van der Waals surface area (Å²) in [6.07, 6.45) is 2.49. The van der Waals surface area contributed by atoms with Crippen molar-refractivity contribution in [1.82, 2.24) is 4.90 Å². The van der Waals surface area contributed by atoms with E-state index in [0.29, 0.717) is 5.56 Å². The number of benzene rings is 1. The third-order valence-electron chi connectivity index (χ3n) is 2.89. The lowest BCUT2D eigenvalue weighted by atomic mass is 10.1. The molecule has 0 radical (unpaired) electrons. The molecule has 0 atom stereocenters. The summed E-state index contributed by atoms with van der Waals surface area (Å²) in [6.45, 7) is 3.06. The first-order valence-corrected chi connectivity index (χ1v) is 6.20. The molecule has 1 aliphatic rings. The van der Waals surface area contributed by atoms with Crippen molar-refractivity contribution in [1.29, 1.82) is 0 Å². The lowest BCUT2D eigenvalue weighted by Gasteiger charge is -2.16. The first-order valence-electron chi connectivity index (χ1n) is 5.41. The first kappa shape index (κ1) is 11.6. The SMILES string of the molecule is O=C(O)c1ccc(Br)c(CN2CCCC2)c1. The molecular weight excluding hydrogens is 270 g/mol. The molecule has 1 fully saturated rings. The van der Waals surface area contributed by atoms with E-state index in [0.717, 1.165) is 29.7 Å². The number of aromatic carboxylic acids is 1. The molecule has 3 nitrogen and oxygen atoms in total. The molecule has 0 aromatic heterocycles. The number of hydrogen-bond acceptors (Lipinski definition) is 2. The zero-order chi connectivity index (χ0) is 11.5. The number of carbonyl (C=O) groups is 1. The van der Waals surface area contributed by atoms with Gasteiger partial charge in [0.1, 0.15) is 0 Å². The maximum atomic E-state index is 10.9. The normalized spacial score (nSPS) is 16.6. The van der Waals surface area contributed by atoms with Crippen molar-refractivity contribution in [2.45, 2.75) is 19.4 Å². The van der Waals surface area contributed by atoms with Crippen LogP contribution in [-0.4, -0.2) is 29.1 Å². The van der Waals surface area contributed by atoms with Gasteiger partial charge in [0, 0.05) is 11.0 Å². The number of likely N-dealkylation sites (tertiary alicyclic amines) is 1. The van der Waals surface area contributed by atoms with Crippen molar-refractivity contribution in [3.8, 4) is 0 Å². The van der Waals surface area contributed by atoms with Crippen LogP contribution in [0, 0.1) is 0 Å². The van der Waals surface area contributed by atoms with E-state index >= 15 is 0 Å². The second-order valence-corrected chi connectivity index (χ2v) is 4.95. The van der Waals surface area contributed by atoms with Crippen LogP contribution in [0.15, 0.2) is 22.7 Å². The third-order valence-corrected chi connectivity index (χ3v) is 3.66. The van der Waals surface area contributed by atoms with E-state index in [1.165, 1.54) is 12.8 Å². The minimum absolute atomic E-state index is 0.359. The molecular formula is C12H14BrNO2. The molecule has 4 heteroatoms. The van der Waals surface area contributed by atoms with Gasteiger partial charge in [0.05, 0.1) is 5.56 Å². The third kappa shape index (κ3) is 2.62. The summed E-state index contributed by atoms with van der Waals surface area (Å²) >= 11 is 3.47. The number of hydrogen-bond donors (Lipinski definition) is 1. The summed E-state index contributed by atoms with van der Waals surface area (Å²) < 4.78 is 0.990. The minimum atomic E-state index is -0.866. The predicted molar refractivity (Wildman–Crippen MR) is 65.6 cm³/mol. The number of rotatable bonds is 3. The second-order valence-electron chi connectivity index (χ2n) is 4.09. The Labute approximate surface area is 103 Å². The molecule has 1 aromatic carbocycles. The summed E-state index contributed by atoms with van der Waals surface area (Å²) in [4.78, 5) is 13.2. The average molecular weight is 284 g/mol. The number of nitrogens with zero attached hydrogens (tertiary/aromatic N) is 1. The highest BCUT2D eigenvalue weighted by molar-refractivity contribution is 9.10. The zero-order valence-electron chi connectivity index (χ0n) is 8.95. The first-order chi connectivity index (χ1) is 7.66. The monoisotopic (exact) mass is 283 g/mol. The van der Waals surface area contributed by atoms with Gasteiger partial charge in [-0.05, 0) is 49.7 Å². The Morgan fingerprint density at radius 1 is 1.38 bits per heavy atom. The molecule has 0 aliphatic carbocycles. The van der Waals surface area contributed by atoms with Crippen LogP contribution in [0.25, 0.3) is 0 Å². The Morgan fingerprint density at radius 2 is 2.06 bits per heavy atom. The molecule has 1 aliphatic heterocycles. The van der Waals surface area contributed by atoms with E-state index in [9.17, 15) is 4.79 Å². The van der Waals surface area contributed by atoms with Gasteiger partial charge in [0.2, 0.25) is 0 Å². The topological polar surface area (TPSA) is 40.5 Å². The summed E-state index contributed by atoms with van der Waals surface area (Å²) in [5.74, 6) is -0.866. The number of carboxylic acids is 1. The number of carboxylic acid groups (broad SMARTS) is 1. The van der Waals surface area contributed by atoms with Gasteiger partial charge in [-0.3, -0.25) is 4.90 Å². The highest BCUT2D eigenvalue weighted by Crippen LogP contribution is 2.22. The summed E-state index contributed by atoms with van der Waals surface area (Å²) in [6, 6.07) is 5.19. The van der Waals surface area contributed by atoms with Gasteiger partial charge in [-0.25, -0.2) is 4.79 Å². The predicted octanol–water partition coefficient (Wildman–Crippen LogP) is 2.74. The average Bonchev–Trinajstić information content (AvgIpc) is 2.73. The van der Waals surface area contributed by atoms with Gasteiger partial charge >= 0.3 is 5.97 Å². The molecule has 0 bridgehead atoms. The van der Waals surface area contributed by atoms with E-state index < -0.39 is 5.97 Å². The second kappa shape index (κ2) is 4.97. The summed E-state index contributed by atoms with van der Waals surface area (Å²) in [7, 11) is 0. The zero-order valence-corrected chi connectivity index (χ0v) is 10.5. The standard InChI is InChI=1S/C12H14BrNO2/c13-11-4-3-9(12(15)16)7-10(11)8-14-5-1-2-6-14/h3-4,7H,1-2,5-6,8H2,(H,15,16). The Morgan fingerprint density at radius 3 is 2.69 bits per heavy atom. The van der Waals surface area contributed by atoms with Crippen LogP contribution in [0.2, 0.25) is 0 Å². The molecule has 2 rings (SSSR count). The Balaban J connectivity index is 2.17. The fraction of sp³-hybridized carbons (Fsp3) is 0.417. The Hall–Kier alpha value is -0.870. The summed E-state index contributed by atoms with van der Waals surface area (Å²) in [5.41, 5.74) is 1.42. The van der Waals surface area contributed by atoms with Crippen LogP contribution in [0.1, 0.15) is 28.8 Å². The quantitative estimate of drug-likeness (QED) is 0.927. The van der Waals surface area contributed by atoms with Crippen molar-refractivity contribution in [2.75, 3.05) is 13.1 Å². The molecule has 0 spiro atoms. The largest absolute Gasteiger partial charge is 0.478 e. The van der Waals surface area contributed by atoms with Crippen molar-refractivity contribution < 1.29 is 9.90 Å². The van der Waals surface area contributed by atoms with Gasteiger partial charge in [0.25, 0.3) is 0 Å². The maximum absolute atomic E-state index is 10.9. The molecule has 0 amide bonds. The van der Waals surface area contributed by atoms with Crippen LogP contribution < -0.4 is 0 Å². The maximum Gasteiger partial charge on any atom is 0.335 e. The van der Waals surface area contributed by atoms with E-state index in [-0.39, 0.29) is 0 Å². The molecule has 1 N–H and O–H groups in total. The molecule has 0 saturated carbocycles. The van der Waals surface area contributed by atoms with Gasteiger partial charge in [-0.1, -0.05) is 15.9 Å². The van der Waals surface area contributed by atoms with Crippen molar-refractivity contribution >= 4 is 21.9 Å². The molecule has 86 valence electrons. The molecule has 1 heterocycles. The van der Waals surface area contributed by atoms with E-state index in [1.54, 1.807) is 12.1 Å². The fourth-order valence-corrected chi connectivity index (χ4v) is 2.38. The minimum Gasteiger partial charge on any atom is -0.478 e. The van der Waals surface area contributed by atoms with Crippen molar-refractivity contribution in [3.05, 3.63) is 33.8 Å². The lowest BCUT2D eigenvalue weighted by Crippen LogP contribution is -2.18. The highest BCUT2D eigenvalue weighted by atomic mass is 79.9. The van der Waals surface area contributed by atoms with Gasteiger partial charge in [-0.15, -0.1) is 0 Å². The molecule has 1 aromatic rings. The Bertz CT molecular complexity index is 400. The fourth-order valence-electron chi connectivity index (χ4n) is 2.01. The lowest BCUT2D eigenvalue weighted by molar-refractivity contribution is 0.0696. The van der Waals surface area contributed by atoms with Crippen LogP contribution in [0.5, 0.6) is 0 Å². The van der Waals surface area contributed by atoms with E-state index in [1.807, 2.05) is 6.07 Å². The van der Waals surface area contributed by atoms with Crippen LogP contribution >= 0.6 is 15.9 Å². The molecule has 16 heavy (non-hydrogen) atoms.